The van der Waals surface area contributed by atoms with Crippen molar-refractivity contribution in [2.24, 2.45) is 5.92 Å². The molecule has 0 unspecified atom stereocenters. The lowest BCUT2D eigenvalue weighted by molar-refractivity contribution is 0.0685. The third-order valence-electron chi connectivity index (χ3n) is 3.33. The Labute approximate surface area is 117 Å². The number of benzene rings is 1. The number of hydrogen-bond acceptors (Lipinski definition) is 3. The summed E-state index contributed by atoms with van der Waals surface area (Å²) in [6.45, 7) is 0.570. The highest BCUT2D eigenvalue weighted by molar-refractivity contribution is 5.89. The molecule has 1 aromatic carbocycles. The topological polar surface area (TPSA) is 59.4 Å². The fourth-order valence-corrected chi connectivity index (χ4v) is 2.00. The summed E-state index contributed by atoms with van der Waals surface area (Å²) in [5, 5.41) is 9.17. The van der Waals surface area contributed by atoms with Crippen LogP contribution >= 0.6 is 0 Å². The highest BCUT2D eigenvalue weighted by Gasteiger charge is 2.23. The number of aromatic carboxylic acids is 1. The van der Waals surface area contributed by atoms with E-state index in [9.17, 15) is 4.79 Å². The maximum absolute atomic E-state index is 11.2. The number of rotatable bonds is 5. The number of nitrogens with zero attached hydrogens (tertiary/aromatic N) is 1. The Kier molecular flexibility index (Phi) is 3.37. The first-order chi connectivity index (χ1) is 9.74. The first kappa shape index (κ1) is 12.7. The number of ether oxygens (including phenoxy) is 1. The van der Waals surface area contributed by atoms with E-state index in [0.717, 1.165) is 24.0 Å². The predicted octanol–water partition coefficient (Wildman–Crippen LogP) is 3.24. The van der Waals surface area contributed by atoms with Crippen molar-refractivity contribution in [2.45, 2.75) is 12.8 Å². The van der Waals surface area contributed by atoms with Gasteiger partial charge in [0.2, 0.25) is 0 Å². The minimum Gasteiger partial charge on any atom is -0.491 e. The van der Waals surface area contributed by atoms with Crippen molar-refractivity contribution < 1.29 is 14.6 Å². The second kappa shape index (κ2) is 5.33. The molecule has 0 bridgehead atoms. The molecule has 1 aliphatic carbocycles. The highest BCUT2D eigenvalue weighted by atomic mass is 16.5. The third-order valence-corrected chi connectivity index (χ3v) is 3.33. The van der Waals surface area contributed by atoms with Crippen molar-refractivity contribution in [3.8, 4) is 16.9 Å². The SMILES string of the molecule is O=C(O)c1ncc(-c2ccccc2)cc1OCC1CC1. The van der Waals surface area contributed by atoms with E-state index < -0.39 is 5.97 Å². The molecular weight excluding hydrogens is 254 g/mol. The molecule has 4 nitrogen and oxygen atoms in total. The lowest BCUT2D eigenvalue weighted by Crippen LogP contribution is -2.08. The Morgan fingerprint density at radius 3 is 2.65 bits per heavy atom. The molecular formula is C16H15NO3. The molecule has 1 heterocycles. The van der Waals surface area contributed by atoms with Gasteiger partial charge < -0.3 is 9.84 Å². The van der Waals surface area contributed by atoms with Gasteiger partial charge in [0.05, 0.1) is 6.61 Å². The van der Waals surface area contributed by atoms with Crippen LogP contribution in [0, 0.1) is 5.92 Å². The van der Waals surface area contributed by atoms with Crippen LogP contribution in [0.25, 0.3) is 11.1 Å². The van der Waals surface area contributed by atoms with Gasteiger partial charge in [0, 0.05) is 11.8 Å². The zero-order chi connectivity index (χ0) is 13.9. The van der Waals surface area contributed by atoms with Crippen LogP contribution < -0.4 is 4.74 Å². The quantitative estimate of drug-likeness (QED) is 0.905. The van der Waals surface area contributed by atoms with Gasteiger partial charge >= 0.3 is 5.97 Å². The summed E-state index contributed by atoms with van der Waals surface area (Å²) in [6, 6.07) is 11.5. The Morgan fingerprint density at radius 2 is 2.00 bits per heavy atom. The first-order valence-electron chi connectivity index (χ1n) is 6.65. The molecule has 0 amide bonds. The summed E-state index contributed by atoms with van der Waals surface area (Å²) in [6.07, 6.45) is 3.89. The van der Waals surface area contributed by atoms with Crippen molar-refractivity contribution in [3.63, 3.8) is 0 Å². The fraction of sp³-hybridized carbons (Fsp3) is 0.250. The van der Waals surface area contributed by atoms with Crippen LogP contribution in [0.4, 0.5) is 0 Å². The van der Waals surface area contributed by atoms with E-state index >= 15 is 0 Å². The molecule has 0 spiro atoms. The van der Waals surface area contributed by atoms with E-state index in [1.165, 1.54) is 0 Å². The lowest BCUT2D eigenvalue weighted by Gasteiger charge is -2.10. The Bertz CT molecular complexity index is 621. The van der Waals surface area contributed by atoms with Gasteiger partial charge in [0.25, 0.3) is 0 Å². The normalized spacial score (nSPS) is 14.0. The van der Waals surface area contributed by atoms with E-state index in [2.05, 4.69) is 4.98 Å². The molecule has 0 atom stereocenters. The van der Waals surface area contributed by atoms with Gasteiger partial charge in [0.15, 0.2) is 11.4 Å². The summed E-state index contributed by atoms with van der Waals surface area (Å²) in [4.78, 5) is 15.2. The molecule has 0 aliphatic heterocycles. The van der Waals surface area contributed by atoms with Gasteiger partial charge in [-0.2, -0.15) is 0 Å². The van der Waals surface area contributed by atoms with Gasteiger partial charge in [-0.25, -0.2) is 9.78 Å². The largest absolute Gasteiger partial charge is 0.491 e. The highest BCUT2D eigenvalue weighted by Crippen LogP contribution is 2.31. The molecule has 1 saturated carbocycles. The van der Waals surface area contributed by atoms with Crippen LogP contribution in [0.15, 0.2) is 42.6 Å². The molecule has 4 heteroatoms. The standard InChI is InChI=1S/C16H15NO3/c18-16(19)15-14(20-10-11-6-7-11)8-13(9-17-15)12-4-2-1-3-5-12/h1-5,8-9,11H,6-7,10H2,(H,18,19). The predicted molar refractivity (Wildman–Crippen MR) is 74.9 cm³/mol. The third kappa shape index (κ3) is 2.79. The minimum atomic E-state index is -1.06. The van der Waals surface area contributed by atoms with Crippen molar-refractivity contribution >= 4 is 5.97 Å². The van der Waals surface area contributed by atoms with E-state index in [1.807, 2.05) is 30.3 Å². The number of carboxylic acids is 1. The number of carboxylic acid groups (broad SMARTS) is 1. The van der Waals surface area contributed by atoms with Crippen molar-refractivity contribution in [2.75, 3.05) is 6.61 Å². The van der Waals surface area contributed by atoms with Crippen LogP contribution in [-0.4, -0.2) is 22.7 Å². The zero-order valence-corrected chi connectivity index (χ0v) is 11.0. The molecule has 1 fully saturated rings. The molecule has 1 aliphatic rings. The van der Waals surface area contributed by atoms with E-state index in [0.29, 0.717) is 18.3 Å². The Hall–Kier alpha value is -2.36. The van der Waals surface area contributed by atoms with E-state index in [4.69, 9.17) is 9.84 Å². The van der Waals surface area contributed by atoms with Gasteiger partial charge in [-0.1, -0.05) is 30.3 Å². The second-order valence-corrected chi connectivity index (χ2v) is 5.00. The van der Waals surface area contributed by atoms with E-state index in [-0.39, 0.29) is 5.69 Å². The fourth-order valence-electron chi connectivity index (χ4n) is 2.00. The summed E-state index contributed by atoms with van der Waals surface area (Å²) in [5.41, 5.74) is 1.83. The van der Waals surface area contributed by atoms with Crippen molar-refractivity contribution in [3.05, 3.63) is 48.3 Å². The maximum atomic E-state index is 11.2. The van der Waals surface area contributed by atoms with Gasteiger partial charge in [-0.3, -0.25) is 0 Å². The summed E-state index contributed by atoms with van der Waals surface area (Å²) < 4.78 is 5.64. The maximum Gasteiger partial charge on any atom is 0.358 e. The molecule has 1 aromatic heterocycles. The number of aromatic nitrogens is 1. The van der Waals surface area contributed by atoms with Gasteiger partial charge in [0.1, 0.15) is 0 Å². The first-order valence-corrected chi connectivity index (χ1v) is 6.65. The number of pyridine rings is 1. The number of carbonyl (C=O) groups is 1. The monoisotopic (exact) mass is 269 g/mol. The Balaban J connectivity index is 1.92. The van der Waals surface area contributed by atoms with Crippen LogP contribution in [0.1, 0.15) is 23.3 Å². The minimum absolute atomic E-state index is 0.0228. The van der Waals surface area contributed by atoms with Crippen molar-refractivity contribution in [1.82, 2.24) is 4.98 Å². The van der Waals surface area contributed by atoms with E-state index in [1.54, 1.807) is 12.3 Å². The average Bonchev–Trinajstić information content (AvgIpc) is 3.30. The smallest absolute Gasteiger partial charge is 0.358 e. The summed E-state index contributed by atoms with van der Waals surface area (Å²) in [5.74, 6) is -0.141. The average molecular weight is 269 g/mol. The summed E-state index contributed by atoms with van der Waals surface area (Å²) >= 11 is 0. The zero-order valence-electron chi connectivity index (χ0n) is 11.0. The van der Waals surface area contributed by atoms with Gasteiger partial charge in [-0.15, -0.1) is 0 Å². The molecule has 0 radical (unpaired) electrons. The van der Waals surface area contributed by atoms with Crippen LogP contribution in [0.2, 0.25) is 0 Å². The summed E-state index contributed by atoms with van der Waals surface area (Å²) in [7, 11) is 0. The van der Waals surface area contributed by atoms with Crippen LogP contribution in [0.5, 0.6) is 5.75 Å². The van der Waals surface area contributed by atoms with Crippen LogP contribution in [-0.2, 0) is 0 Å². The molecule has 2 aromatic rings. The molecule has 20 heavy (non-hydrogen) atoms. The van der Waals surface area contributed by atoms with Crippen LogP contribution in [0.3, 0.4) is 0 Å². The second-order valence-electron chi connectivity index (χ2n) is 5.00. The molecule has 3 rings (SSSR count). The number of hydrogen-bond donors (Lipinski definition) is 1. The lowest BCUT2D eigenvalue weighted by atomic mass is 10.1. The molecule has 0 saturated heterocycles. The Morgan fingerprint density at radius 1 is 1.25 bits per heavy atom. The van der Waals surface area contributed by atoms with Crippen molar-refractivity contribution in [1.29, 1.82) is 0 Å². The molecule has 102 valence electrons. The van der Waals surface area contributed by atoms with Gasteiger partial charge in [-0.05, 0) is 30.4 Å². The molecule has 1 N–H and O–H groups in total.